The number of aliphatic hydroxyl groups excluding tert-OH is 1. The van der Waals surface area contributed by atoms with Crippen LogP contribution in [0.15, 0.2) is 65.5 Å². The van der Waals surface area contributed by atoms with Crippen molar-refractivity contribution < 1.29 is 5.11 Å². The molecule has 3 aromatic rings. The van der Waals surface area contributed by atoms with E-state index in [1.165, 1.54) is 0 Å². The fourth-order valence-electron chi connectivity index (χ4n) is 2.66. The largest absolute Gasteiger partial charge is 0.387 e. The third-order valence-electron chi connectivity index (χ3n) is 4.01. The molecule has 0 fully saturated rings. The van der Waals surface area contributed by atoms with Crippen LogP contribution in [0.1, 0.15) is 28.6 Å². The van der Waals surface area contributed by atoms with Crippen molar-refractivity contribution in [2.45, 2.75) is 12.5 Å². The Bertz CT molecular complexity index is 924. The van der Waals surface area contributed by atoms with Crippen LogP contribution in [-0.2, 0) is 6.42 Å². The number of aromatic nitrogens is 2. The number of hydrogen-bond donors (Lipinski definition) is 4. The lowest BCUT2D eigenvalue weighted by atomic mass is 10.1. The van der Waals surface area contributed by atoms with Crippen molar-refractivity contribution >= 4 is 12.0 Å². The Morgan fingerprint density at radius 1 is 1.12 bits per heavy atom. The van der Waals surface area contributed by atoms with Gasteiger partial charge >= 0.3 is 0 Å². The van der Waals surface area contributed by atoms with Gasteiger partial charge < -0.3 is 20.8 Å². The summed E-state index contributed by atoms with van der Waals surface area (Å²) in [5, 5.41) is 20.8. The van der Waals surface area contributed by atoms with E-state index in [-0.39, 0.29) is 17.7 Å². The maximum absolute atomic E-state index is 12.2. The third kappa shape index (κ3) is 4.23. The number of nitrogens with one attached hydrogen (secondary N) is 3. The summed E-state index contributed by atoms with van der Waals surface area (Å²) < 4.78 is 0. The minimum absolute atomic E-state index is 0.141. The molecule has 4 N–H and O–H groups in total. The summed E-state index contributed by atoms with van der Waals surface area (Å²) in [5.74, 6) is 0.799. The molecule has 1 unspecified atom stereocenters. The number of anilines is 1. The summed E-state index contributed by atoms with van der Waals surface area (Å²) in [6.07, 6.45) is 0.702. The lowest BCUT2D eigenvalue weighted by Gasteiger charge is -2.14. The van der Waals surface area contributed by atoms with Gasteiger partial charge in [-0.1, -0.05) is 60.7 Å². The van der Waals surface area contributed by atoms with Gasteiger partial charge in [-0.15, -0.1) is 0 Å². The highest BCUT2D eigenvalue weighted by molar-refractivity contribution is 5.83. The van der Waals surface area contributed by atoms with Gasteiger partial charge in [0.05, 0.1) is 11.7 Å². The number of benzene rings is 2. The van der Waals surface area contributed by atoms with Crippen LogP contribution < -0.4 is 10.9 Å². The second-order valence-corrected chi connectivity index (χ2v) is 5.89. The maximum atomic E-state index is 12.2. The molecule has 0 aliphatic rings. The van der Waals surface area contributed by atoms with Gasteiger partial charge in [-0.05, 0) is 11.1 Å². The highest BCUT2D eigenvalue weighted by atomic mass is 16.3. The molecule has 2 aromatic carbocycles. The summed E-state index contributed by atoms with van der Waals surface area (Å²) in [5.41, 5.74) is 1.55. The van der Waals surface area contributed by atoms with E-state index in [0.29, 0.717) is 18.1 Å². The normalized spacial score (nSPS) is 11.7. The molecule has 1 heterocycles. The number of aliphatic hydroxyl groups is 1. The van der Waals surface area contributed by atoms with E-state index >= 15 is 0 Å². The summed E-state index contributed by atoms with van der Waals surface area (Å²) in [7, 11) is 0. The molecule has 0 amide bonds. The fraction of sp³-hybridized carbons (Fsp3) is 0.150. The van der Waals surface area contributed by atoms with E-state index in [1.807, 2.05) is 60.7 Å². The van der Waals surface area contributed by atoms with Crippen LogP contribution in [0.2, 0.25) is 0 Å². The highest BCUT2D eigenvalue weighted by Gasteiger charge is 2.13. The van der Waals surface area contributed by atoms with Gasteiger partial charge in [0.25, 0.3) is 5.56 Å². The van der Waals surface area contributed by atoms with Crippen LogP contribution in [0.25, 0.3) is 0 Å². The Hall–Kier alpha value is -3.25. The first-order valence-electron chi connectivity index (χ1n) is 8.32. The number of hydrogen-bond acceptors (Lipinski definition) is 5. The van der Waals surface area contributed by atoms with Crippen LogP contribution in [0.4, 0.5) is 5.82 Å². The lowest BCUT2D eigenvalue weighted by Crippen LogP contribution is -2.22. The molecule has 0 bridgehead atoms. The summed E-state index contributed by atoms with van der Waals surface area (Å²) in [6, 6.07) is 18.9. The molecule has 0 saturated heterocycles. The van der Waals surface area contributed by atoms with E-state index < -0.39 is 6.10 Å². The van der Waals surface area contributed by atoms with Gasteiger partial charge in [-0.2, -0.15) is 0 Å². The van der Waals surface area contributed by atoms with E-state index in [4.69, 9.17) is 5.41 Å². The summed E-state index contributed by atoms with van der Waals surface area (Å²) >= 11 is 0. The minimum atomic E-state index is -0.742. The molecular weight excluding hydrogens is 328 g/mol. The predicted octanol–water partition coefficient (Wildman–Crippen LogP) is 2.50. The van der Waals surface area contributed by atoms with Gasteiger partial charge in [0.2, 0.25) is 0 Å². The zero-order chi connectivity index (χ0) is 18.4. The third-order valence-corrected chi connectivity index (χ3v) is 4.01. The van der Waals surface area contributed by atoms with E-state index in [0.717, 1.165) is 17.3 Å². The van der Waals surface area contributed by atoms with Crippen LogP contribution in [0, 0.1) is 5.41 Å². The molecular formula is C20H20N4O2. The highest BCUT2D eigenvalue weighted by Crippen LogP contribution is 2.15. The SMILES string of the molecule is N=Cc1c(NCC(O)c2ccccc2)nc(Cc2ccccc2)[nH]c1=O. The molecule has 6 heteroatoms. The predicted molar refractivity (Wildman–Crippen MR) is 102 cm³/mol. The average molecular weight is 348 g/mol. The van der Waals surface area contributed by atoms with Crippen LogP contribution in [-0.4, -0.2) is 27.8 Å². The zero-order valence-electron chi connectivity index (χ0n) is 14.1. The Balaban J connectivity index is 1.80. The van der Waals surface area contributed by atoms with E-state index in [9.17, 15) is 9.90 Å². The van der Waals surface area contributed by atoms with Gasteiger partial charge in [0.1, 0.15) is 11.6 Å². The molecule has 0 saturated carbocycles. The molecule has 26 heavy (non-hydrogen) atoms. The molecule has 6 nitrogen and oxygen atoms in total. The number of nitrogens with zero attached hydrogens (tertiary/aromatic N) is 1. The number of aromatic amines is 1. The Morgan fingerprint density at radius 3 is 2.42 bits per heavy atom. The molecule has 0 aliphatic carbocycles. The van der Waals surface area contributed by atoms with Crippen LogP contribution >= 0.6 is 0 Å². The van der Waals surface area contributed by atoms with Crippen molar-refractivity contribution in [1.82, 2.24) is 9.97 Å². The monoisotopic (exact) mass is 348 g/mol. The summed E-state index contributed by atoms with van der Waals surface area (Å²) in [4.78, 5) is 19.4. The van der Waals surface area contributed by atoms with Crippen molar-refractivity contribution in [3.05, 3.63) is 93.5 Å². The van der Waals surface area contributed by atoms with Crippen LogP contribution in [0.5, 0.6) is 0 Å². The van der Waals surface area contributed by atoms with Gasteiger partial charge in [-0.25, -0.2) is 4.98 Å². The quantitative estimate of drug-likeness (QED) is 0.493. The molecule has 1 aromatic heterocycles. The molecule has 0 aliphatic heterocycles. The first-order chi connectivity index (χ1) is 12.7. The smallest absolute Gasteiger partial charge is 0.261 e. The second-order valence-electron chi connectivity index (χ2n) is 5.89. The molecule has 1 atom stereocenters. The summed E-state index contributed by atoms with van der Waals surface area (Å²) in [6.45, 7) is 0.187. The number of rotatable bonds is 7. The average Bonchev–Trinajstić information content (AvgIpc) is 2.67. The fourth-order valence-corrected chi connectivity index (χ4v) is 2.66. The zero-order valence-corrected chi connectivity index (χ0v) is 14.1. The maximum Gasteiger partial charge on any atom is 0.261 e. The first kappa shape index (κ1) is 17.6. The molecule has 0 radical (unpaired) electrons. The number of H-pyrrole nitrogens is 1. The Labute approximate surface area is 151 Å². The first-order valence-corrected chi connectivity index (χ1v) is 8.32. The molecule has 0 spiro atoms. The van der Waals surface area contributed by atoms with Crippen molar-refractivity contribution in [3.8, 4) is 0 Å². The van der Waals surface area contributed by atoms with E-state index in [1.54, 1.807) is 0 Å². The van der Waals surface area contributed by atoms with E-state index in [2.05, 4.69) is 15.3 Å². The minimum Gasteiger partial charge on any atom is -0.387 e. The van der Waals surface area contributed by atoms with Crippen molar-refractivity contribution in [3.63, 3.8) is 0 Å². The standard InChI is InChI=1S/C20H20N4O2/c21-12-16-19(22-13-17(25)15-9-5-2-6-10-15)23-18(24-20(16)26)11-14-7-3-1-4-8-14/h1-10,12,17,21,25H,11,13H2,(H2,22,23,24,26). The second kappa shape index (κ2) is 8.22. The van der Waals surface area contributed by atoms with Gasteiger partial charge in [0, 0.05) is 19.2 Å². The molecule has 132 valence electrons. The van der Waals surface area contributed by atoms with Crippen LogP contribution in [0.3, 0.4) is 0 Å². The van der Waals surface area contributed by atoms with Crippen molar-refractivity contribution in [1.29, 1.82) is 5.41 Å². The topological polar surface area (TPSA) is 102 Å². The lowest BCUT2D eigenvalue weighted by molar-refractivity contribution is 0.191. The van der Waals surface area contributed by atoms with Crippen molar-refractivity contribution in [2.75, 3.05) is 11.9 Å². The van der Waals surface area contributed by atoms with Crippen molar-refractivity contribution in [2.24, 2.45) is 0 Å². The van der Waals surface area contributed by atoms with Gasteiger partial charge in [-0.3, -0.25) is 4.79 Å². The Morgan fingerprint density at radius 2 is 1.77 bits per heavy atom. The Kier molecular flexibility index (Phi) is 5.56. The molecule has 3 rings (SSSR count). The van der Waals surface area contributed by atoms with Gasteiger partial charge in [0.15, 0.2) is 0 Å².